The molecule has 0 aromatic heterocycles. The molecule has 12 heteroatoms. The van der Waals surface area contributed by atoms with Gasteiger partial charge in [-0.2, -0.15) is 0 Å². The number of hydrogen-bond donors (Lipinski definition) is 0. The number of esters is 1. The van der Waals surface area contributed by atoms with Gasteiger partial charge in [-0.15, -0.1) is 0 Å². The first-order chi connectivity index (χ1) is 20.9. The number of ketones is 1. The van der Waals surface area contributed by atoms with Crippen LogP contribution in [0.4, 0.5) is 0 Å². The lowest BCUT2D eigenvalue weighted by Gasteiger charge is -2.21. The van der Waals surface area contributed by atoms with Crippen LogP contribution in [0.1, 0.15) is 66.4 Å². The maximum Gasteiger partial charge on any atom is 0.336 e. The van der Waals surface area contributed by atoms with Crippen LogP contribution in [0.15, 0.2) is 83.5 Å². The predicted octanol–water partition coefficient (Wildman–Crippen LogP) is 4.55. The Hall–Kier alpha value is -2.57. The van der Waals surface area contributed by atoms with Crippen molar-refractivity contribution in [3.05, 3.63) is 94.6 Å². The predicted molar refractivity (Wildman–Crippen MR) is 188 cm³/mol. The Labute approximate surface area is 274 Å². The largest absolute Gasteiger partial charge is 0.428 e. The van der Waals surface area contributed by atoms with Crippen molar-refractivity contribution in [2.75, 3.05) is 0 Å². The van der Waals surface area contributed by atoms with Gasteiger partial charge in [-0.1, -0.05) is 86.2 Å². The highest BCUT2D eigenvalue weighted by Gasteiger charge is 2.34. The van der Waals surface area contributed by atoms with Crippen molar-refractivity contribution < 1.29 is 25.2 Å². The van der Waals surface area contributed by atoms with E-state index in [-0.39, 0.29) is 13.5 Å². The minimum Gasteiger partial charge on any atom is -0.428 e. The van der Waals surface area contributed by atoms with Crippen molar-refractivity contribution in [3.63, 3.8) is 0 Å². The highest BCUT2D eigenvalue weighted by Crippen LogP contribution is 2.31. The van der Waals surface area contributed by atoms with Crippen molar-refractivity contribution >= 4 is 63.9 Å². The van der Waals surface area contributed by atoms with E-state index in [9.17, 15) is 9.59 Å². The van der Waals surface area contributed by atoms with Crippen molar-refractivity contribution in [2.45, 2.75) is 79.5 Å². The molecule has 0 N–H and O–H groups in total. The van der Waals surface area contributed by atoms with E-state index in [4.69, 9.17) is 14.2 Å². The summed E-state index contributed by atoms with van der Waals surface area (Å²) in [6.07, 6.45) is 3.20. The van der Waals surface area contributed by atoms with Crippen molar-refractivity contribution in [1.82, 2.24) is 0 Å². The monoisotopic (exact) mass is 583 g/mol. The summed E-state index contributed by atoms with van der Waals surface area (Å²) >= 11 is 0. The van der Waals surface area contributed by atoms with E-state index in [1.807, 2.05) is 68.5 Å². The molecule has 2 aromatic rings. The zero-order valence-electron chi connectivity index (χ0n) is 26.8. The van der Waals surface area contributed by atoms with E-state index in [2.05, 4.69) is 64.7 Å². The van der Waals surface area contributed by atoms with Crippen molar-refractivity contribution in [1.29, 1.82) is 0 Å². The van der Waals surface area contributed by atoms with Crippen LogP contribution in [0, 0.1) is 11.8 Å². The van der Waals surface area contributed by atoms with Crippen molar-refractivity contribution in [3.8, 4) is 0 Å². The molecule has 221 valence electrons. The Morgan fingerprint density at radius 3 is 1.89 bits per heavy atom. The molecule has 5 nitrogen and oxygen atoms in total. The average molecular weight is 582 g/mol. The van der Waals surface area contributed by atoms with Crippen LogP contribution in [0.25, 0.3) is 0 Å². The fourth-order valence-corrected chi connectivity index (χ4v) is 4.61. The minimum atomic E-state index is -0.667. The van der Waals surface area contributed by atoms with E-state index in [1.165, 1.54) is 5.56 Å². The lowest BCUT2D eigenvalue weighted by Crippen LogP contribution is -2.19. The summed E-state index contributed by atoms with van der Waals surface area (Å²) in [5, 5.41) is 0. The molecule has 0 spiro atoms. The fourth-order valence-electron chi connectivity index (χ4n) is 4.61. The van der Waals surface area contributed by atoms with E-state index in [0.717, 1.165) is 30.2 Å². The topological polar surface area (TPSA) is 61.8 Å². The number of carbonyl (C=O) groups excluding carboxylic acids is 2. The Morgan fingerprint density at radius 1 is 0.955 bits per heavy atom. The number of rotatable bonds is 9. The maximum absolute atomic E-state index is 11.6. The molecule has 3 unspecified atom stereocenters. The molecule has 4 rings (SSSR count). The Morgan fingerprint density at radius 2 is 1.43 bits per heavy atom. The van der Waals surface area contributed by atoms with Crippen LogP contribution in [0.2, 0.25) is 0 Å². The SMILES string of the molecule is CC(C)=CC1=C(C)C(=O)OC1OCc1ccccc1.CC(C)CC1CC(=O)CC1OCc1ccccc1.[B]B([B])[B].[B][B][B].[HH]. The third kappa shape index (κ3) is 16.5. The van der Waals surface area contributed by atoms with Crippen LogP contribution < -0.4 is 0 Å². The number of cyclic esters (lactones) is 1. The highest BCUT2D eigenvalue weighted by molar-refractivity contribution is 7.49. The summed E-state index contributed by atoms with van der Waals surface area (Å²) in [4.78, 5) is 23.2. The summed E-state index contributed by atoms with van der Waals surface area (Å²) in [7, 11) is 24.0. The molecule has 0 amide bonds. The maximum atomic E-state index is 11.6. The molecule has 1 aliphatic heterocycles. The summed E-state index contributed by atoms with van der Waals surface area (Å²) in [5.41, 5.74) is 4.79. The van der Waals surface area contributed by atoms with Gasteiger partial charge in [0.2, 0.25) is 6.29 Å². The van der Waals surface area contributed by atoms with Crippen LogP contribution in [0.3, 0.4) is 0 Å². The highest BCUT2D eigenvalue weighted by atomic mass is 16.7. The van der Waals surface area contributed by atoms with Crippen molar-refractivity contribution in [2.24, 2.45) is 11.8 Å². The normalized spacial score (nSPS) is 18.5. The molecular weight excluding hydrogens is 540 g/mol. The fraction of sp³-hybridized carbons (Fsp3) is 0.438. The second kappa shape index (κ2) is 22.0. The molecule has 3 atom stereocenters. The molecule has 44 heavy (non-hydrogen) atoms. The second-order valence-electron chi connectivity index (χ2n) is 11.3. The third-order valence-corrected chi connectivity index (χ3v) is 6.42. The Kier molecular flexibility index (Phi) is 19.7. The molecule has 1 saturated carbocycles. The van der Waals surface area contributed by atoms with Gasteiger partial charge in [0, 0.05) is 77.5 Å². The second-order valence-corrected chi connectivity index (χ2v) is 11.3. The molecule has 2 aliphatic rings. The van der Waals surface area contributed by atoms with Gasteiger partial charge in [-0.25, -0.2) is 4.79 Å². The van der Waals surface area contributed by atoms with Gasteiger partial charge in [-0.05, 0) is 50.2 Å². The number of allylic oxidation sites excluding steroid dienone is 1. The molecule has 2 aromatic carbocycles. The van der Waals surface area contributed by atoms with Crippen LogP contribution in [-0.4, -0.2) is 76.3 Å². The first-order valence-electron chi connectivity index (χ1n) is 14.8. The summed E-state index contributed by atoms with van der Waals surface area (Å²) in [6, 6.07) is 20.0. The third-order valence-electron chi connectivity index (χ3n) is 6.42. The molecule has 0 saturated heterocycles. The zero-order chi connectivity index (χ0) is 33.1. The Balaban J connectivity index is 0.000000701. The number of benzene rings is 2. The molecule has 1 aliphatic carbocycles. The van der Waals surface area contributed by atoms with E-state index >= 15 is 0 Å². The zero-order valence-corrected chi connectivity index (χ0v) is 26.8. The summed E-state index contributed by atoms with van der Waals surface area (Å²) < 4.78 is 16.9. The van der Waals surface area contributed by atoms with Crippen LogP contribution in [0.5, 0.6) is 0 Å². The van der Waals surface area contributed by atoms with Gasteiger partial charge in [0.15, 0.2) is 0 Å². The first kappa shape index (κ1) is 39.5. The van der Waals surface area contributed by atoms with Crippen LogP contribution >= 0.6 is 0 Å². The molecule has 0 bridgehead atoms. The average Bonchev–Trinajstić information content (AvgIpc) is 3.44. The smallest absolute Gasteiger partial charge is 0.336 e. The van der Waals surface area contributed by atoms with E-state index < -0.39 is 12.7 Å². The van der Waals surface area contributed by atoms with Gasteiger partial charge < -0.3 is 14.2 Å². The summed E-state index contributed by atoms with van der Waals surface area (Å²) in [6.45, 7) is 11.2. The van der Waals surface area contributed by atoms with E-state index in [0.29, 0.717) is 49.2 Å². The van der Waals surface area contributed by atoms with Gasteiger partial charge >= 0.3 is 5.97 Å². The van der Waals surface area contributed by atoms with Crippen LogP contribution in [-0.2, 0) is 37.0 Å². The van der Waals surface area contributed by atoms with Gasteiger partial charge in [0.25, 0.3) is 0 Å². The number of carbonyl (C=O) groups is 2. The lowest BCUT2D eigenvalue weighted by molar-refractivity contribution is -0.161. The molecule has 1 fully saturated rings. The number of hydrogen-bond acceptors (Lipinski definition) is 5. The molecular formula is C32H42B7O5. The van der Waals surface area contributed by atoms with Gasteiger partial charge in [-0.3, -0.25) is 4.79 Å². The lowest BCUT2D eigenvalue weighted by atomic mass is 9.08. The molecule has 11 radical (unpaired) electrons. The van der Waals surface area contributed by atoms with Gasteiger partial charge in [0.1, 0.15) is 5.78 Å². The quantitative estimate of drug-likeness (QED) is 0.321. The Bertz CT molecular complexity index is 1170. The van der Waals surface area contributed by atoms with E-state index in [1.54, 1.807) is 6.92 Å². The molecule has 1 heterocycles. The minimum absolute atomic E-state index is 0. The number of ether oxygens (including phenoxy) is 3. The number of Topliss-reactive ketones (excluding diaryl/α,β-unsaturated/α-hetero) is 1. The standard InChI is InChI=1S/C16H18O3.C16H22O2.B4.B3.H2/c1-11(2)9-14-12(3)15(17)19-16(14)18-10-13-7-5-4-6-8-13;1-12(2)8-14-9-15(17)10-16(14)18-11-13-6-4-3-5-7-13;1-4(2)3;1-3-2;/h4-9,16H,10H2,1-3H3;3-7,12,14,16H,8-11H2,1-2H3;;;1H. The van der Waals surface area contributed by atoms with Gasteiger partial charge in [0.05, 0.1) is 19.3 Å². The first-order valence-corrected chi connectivity index (χ1v) is 14.8. The summed E-state index contributed by atoms with van der Waals surface area (Å²) in [5.74, 6) is 1.11.